The third kappa shape index (κ3) is 6.32. The van der Waals surface area contributed by atoms with Crippen molar-refractivity contribution in [2.24, 2.45) is 5.92 Å². The molecule has 4 atom stereocenters. The molecule has 43 heavy (non-hydrogen) atoms. The lowest BCUT2D eigenvalue weighted by Gasteiger charge is -2.49. The number of allylic oxidation sites excluding steroid dienone is 2. The molecule has 2 saturated heterocycles. The van der Waals surface area contributed by atoms with Crippen molar-refractivity contribution in [3.63, 3.8) is 0 Å². The van der Waals surface area contributed by atoms with E-state index < -0.39 is 26.1 Å². The van der Waals surface area contributed by atoms with Crippen LogP contribution in [0.1, 0.15) is 56.1 Å². The molecule has 0 spiro atoms. The molecule has 9 heteroatoms. The third-order valence-electron chi connectivity index (χ3n) is 9.17. The van der Waals surface area contributed by atoms with E-state index in [0.29, 0.717) is 42.3 Å². The number of aryl methyl sites for hydroxylation is 1. The first-order valence-corrected chi connectivity index (χ1v) is 18.1. The van der Waals surface area contributed by atoms with Crippen LogP contribution in [0, 0.1) is 12.8 Å². The maximum absolute atomic E-state index is 13.7. The first-order chi connectivity index (χ1) is 20.7. The molecule has 0 aliphatic carbocycles. The molecule has 0 bridgehead atoms. The first-order valence-electron chi connectivity index (χ1n) is 15.2. The number of ether oxygens (including phenoxy) is 1. The van der Waals surface area contributed by atoms with Crippen molar-refractivity contribution in [3.8, 4) is 0 Å². The first kappa shape index (κ1) is 30.1. The Kier molecular flexibility index (Phi) is 8.78. The van der Waals surface area contributed by atoms with Crippen LogP contribution in [0.2, 0.25) is 0 Å². The van der Waals surface area contributed by atoms with Crippen molar-refractivity contribution < 1.29 is 25.8 Å². The van der Waals surface area contributed by atoms with Crippen molar-refractivity contribution in [1.29, 1.82) is 0 Å². The van der Waals surface area contributed by atoms with Crippen LogP contribution < -0.4 is 0 Å². The van der Waals surface area contributed by atoms with Crippen LogP contribution in [0.5, 0.6) is 0 Å². The van der Waals surface area contributed by atoms with Crippen molar-refractivity contribution in [1.82, 2.24) is 4.90 Å². The molecule has 3 aliphatic rings. The Balaban J connectivity index is 1.27. The summed E-state index contributed by atoms with van der Waals surface area (Å²) in [4.78, 5) is 3.32. The highest BCUT2D eigenvalue weighted by atomic mass is 32.2. The highest BCUT2D eigenvalue weighted by Gasteiger charge is 2.49. The molecule has 7 nitrogen and oxygen atoms in total. The van der Waals surface area contributed by atoms with E-state index in [2.05, 4.69) is 4.90 Å². The number of nitrogens with zero attached hydrogens (tertiary/aromatic N) is 1. The molecule has 3 aromatic rings. The zero-order chi connectivity index (χ0) is 30.0. The smallest absolute Gasteiger partial charge is 0.297 e. The number of benzene rings is 3. The quantitative estimate of drug-likeness (QED) is 0.181. The average Bonchev–Trinajstić information content (AvgIpc) is 3.45. The molecule has 6 rings (SSSR count). The van der Waals surface area contributed by atoms with Gasteiger partial charge in [0, 0.05) is 30.3 Å². The van der Waals surface area contributed by atoms with Gasteiger partial charge >= 0.3 is 0 Å². The second-order valence-electron chi connectivity index (χ2n) is 11.9. The topological polar surface area (TPSA) is 90.0 Å². The van der Waals surface area contributed by atoms with E-state index in [0.717, 1.165) is 42.5 Å². The molecule has 0 unspecified atom stereocenters. The molecule has 0 aromatic heterocycles. The second-order valence-corrected chi connectivity index (χ2v) is 15.4. The fraction of sp³-hybridized carbons (Fsp3) is 0.412. The molecule has 0 saturated carbocycles. The standard InChI is InChI=1S/C34H39NO6S2/c1-25-12-16-29(17-13-25)43(38,39)41-33(22-23-40-24-26-8-4-2-5-9-26)30-18-14-27-15-19-32-34(21-20-31(30)35(27)32)42(36,37)28-10-6-3-7-11-28/h2-13,16-17,27,30-31,33H,14-15,18-24H2,1H3/t27-,30+,31+,33+/m0/s1. The van der Waals surface area contributed by atoms with Crippen LogP contribution in [0.3, 0.4) is 0 Å². The van der Waals surface area contributed by atoms with Crippen LogP contribution in [-0.4, -0.2) is 46.5 Å². The van der Waals surface area contributed by atoms with Gasteiger partial charge in [0.2, 0.25) is 9.84 Å². The van der Waals surface area contributed by atoms with Gasteiger partial charge < -0.3 is 9.64 Å². The van der Waals surface area contributed by atoms with Gasteiger partial charge in [-0.1, -0.05) is 66.2 Å². The molecule has 3 aliphatic heterocycles. The van der Waals surface area contributed by atoms with E-state index in [1.807, 2.05) is 43.3 Å². The average molecular weight is 622 g/mol. The Labute approximate surface area is 255 Å². The summed E-state index contributed by atoms with van der Waals surface area (Å²) in [6.07, 6.45) is 4.25. The zero-order valence-electron chi connectivity index (χ0n) is 24.5. The largest absolute Gasteiger partial charge is 0.377 e. The summed E-state index contributed by atoms with van der Waals surface area (Å²) in [5.74, 6) is -0.0779. The Morgan fingerprint density at radius 1 is 0.791 bits per heavy atom. The van der Waals surface area contributed by atoms with Crippen molar-refractivity contribution >= 4 is 20.0 Å². The molecule has 0 N–H and O–H groups in total. The van der Waals surface area contributed by atoms with Gasteiger partial charge in [0.25, 0.3) is 10.1 Å². The van der Waals surface area contributed by atoms with Gasteiger partial charge in [0.15, 0.2) is 0 Å². The van der Waals surface area contributed by atoms with Crippen LogP contribution in [0.15, 0.2) is 105 Å². The molecule has 3 aromatic carbocycles. The van der Waals surface area contributed by atoms with Gasteiger partial charge in [-0.05, 0) is 81.7 Å². The summed E-state index contributed by atoms with van der Waals surface area (Å²) in [7, 11) is -7.62. The number of hydrogen-bond donors (Lipinski definition) is 0. The lowest BCUT2D eigenvalue weighted by molar-refractivity contribution is -0.00626. The predicted molar refractivity (Wildman–Crippen MR) is 165 cm³/mol. The maximum atomic E-state index is 13.7. The molecule has 3 heterocycles. The van der Waals surface area contributed by atoms with E-state index in [4.69, 9.17) is 8.92 Å². The molecule has 0 radical (unpaired) electrons. The molecular formula is C34H39NO6S2. The van der Waals surface area contributed by atoms with E-state index in [9.17, 15) is 16.8 Å². The normalized spacial score (nSPS) is 22.8. The maximum Gasteiger partial charge on any atom is 0.297 e. The van der Waals surface area contributed by atoms with Gasteiger partial charge in [-0.15, -0.1) is 0 Å². The summed E-state index contributed by atoms with van der Waals surface area (Å²) < 4.78 is 66.6. The molecular weight excluding hydrogens is 583 g/mol. The lowest BCUT2D eigenvalue weighted by atomic mass is 9.78. The number of rotatable bonds is 11. The summed E-state index contributed by atoms with van der Waals surface area (Å²) in [6, 6.07) is 25.6. The summed E-state index contributed by atoms with van der Waals surface area (Å²) >= 11 is 0. The van der Waals surface area contributed by atoms with E-state index in [-0.39, 0.29) is 22.9 Å². The Hall–Kier alpha value is -2.98. The predicted octanol–water partition coefficient (Wildman–Crippen LogP) is 6.40. The number of hydrogen-bond acceptors (Lipinski definition) is 7. The fourth-order valence-corrected chi connectivity index (χ4v) is 9.92. The monoisotopic (exact) mass is 621 g/mol. The SMILES string of the molecule is Cc1ccc(S(=O)(=O)O[C@H](CCOCc2ccccc2)[C@@H]2CC[C@H]3CCC4=C(S(=O)(=O)c5ccccc5)CC[C@H]2N43)cc1. The summed E-state index contributed by atoms with van der Waals surface area (Å²) in [5.41, 5.74) is 2.94. The minimum Gasteiger partial charge on any atom is -0.377 e. The number of sulfone groups is 1. The van der Waals surface area contributed by atoms with Crippen LogP contribution in [-0.2, 0) is 35.5 Å². The van der Waals surface area contributed by atoms with Crippen molar-refractivity contribution in [2.75, 3.05) is 6.61 Å². The van der Waals surface area contributed by atoms with Crippen molar-refractivity contribution in [3.05, 3.63) is 107 Å². The van der Waals surface area contributed by atoms with E-state index in [1.165, 1.54) is 0 Å². The minimum atomic E-state index is -4.02. The molecule has 228 valence electrons. The number of piperidine rings is 1. The van der Waals surface area contributed by atoms with E-state index in [1.54, 1.807) is 48.5 Å². The van der Waals surface area contributed by atoms with Gasteiger partial charge in [-0.3, -0.25) is 4.18 Å². The molecule has 2 fully saturated rings. The Morgan fingerprint density at radius 3 is 2.21 bits per heavy atom. The van der Waals surface area contributed by atoms with Crippen LogP contribution >= 0.6 is 0 Å². The highest BCUT2D eigenvalue weighted by Crippen LogP contribution is 2.49. The minimum absolute atomic E-state index is 0.0123. The van der Waals surface area contributed by atoms with Crippen molar-refractivity contribution in [2.45, 2.75) is 86.5 Å². The molecule has 0 amide bonds. The summed E-state index contributed by atoms with van der Waals surface area (Å²) in [5, 5.41) is 0. The fourth-order valence-electron chi connectivity index (χ4n) is 7.08. The Morgan fingerprint density at radius 2 is 1.49 bits per heavy atom. The van der Waals surface area contributed by atoms with Gasteiger partial charge in [0.05, 0.1) is 27.4 Å². The zero-order valence-corrected chi connectivity index (χ0v) is 26.1. The van der Waals surface area contributed by atoms with E-state index >= 15 is 0 Å². The van der Waals surface area contributed by atoms with Gasteiger partial charge in [-0.25, -0.2) is 8.42 Å². The summed E-state index contributed by atoms with van der Waals surface area (Å²) in [6.45, 7) is 2.71. The third-order valence-corrected chi connectivity index (χ3v) is 12.5. The van der Waals surface area contributed by atoms with Gasteiger partial charge in [-0.2, -0.15) is 8.42 Å². The van der Waals surface area contributed by atoms with Crippen LogP contribution in [0.4, 0.5) is 0 Å². The van der Waals surface area contributed by atoms with Gasteiger partial charge in [0.1, 0.15) is 0 Å². The highest BCUT2D eigenvalue weighted by molar-refractivity contribution is 7.95. The second kappa shape index (κ2) is 12.6. The Bertz CT molecular complexity index is 1650. The lowest BCUT2D eigenvalue weighted by Crippen LogP contribution is -2.53. The van der Waals surface area contributed by atoms with Crippen LogP contribution in [0.25, 0.3) is 0 Å².